The van der Waals surface area contributed by atoms with E-state index >= 15 is 0 Å². The highest BCUT2D eigenvalue weighted by molar-refractivity contribution is 5.74. The van der Waals surface area contributed by atoms with E-state index in [4.69, 9.17) is 5.11 Å². The Morgan fingerprint density at radius 1 is 1.30 bits per heavy atom. The molecule has 1 aliphatic heterocycles. The first-order chi connectivity index (χ1) is 9.49. The molecule has 5 heteroatoms. The van der Waals surface area contributed by atoms with E-state index in [-0.39, 0.29) is 18.5 Å². The zero-order valence-electron chi connectivity index (χ0n) is 13.0. The first kappa shape index (κ1) is 16.8. The first-order valence-corrected chi connectivity index (χ1v) is 7.76. The van der Waals surface area contributed by atoms with Crippen LogP contribution in [0, 0.1) is 5.92 Å². The maximum atomic E-state index is 12.5. The Balaban J connectivity index is 2.43. The molecule has 0 aromatic rings. The molecule has 0 spiro atoms. The lowest BCUT2D eigenvalue weighted by atomic mass is 9.92. The van der Waals surface area contributed by atoms with Gasteiger partial charge in [0.1, 0.15) is 0 Å². The average molecular weight is 284 g/mol. The molecule has 0 aromatic heterocycles. The second kappa shape index (κ2) is 8.12. The molecule has 1 saturated heterocycles. The minimum atomic E-state index is -0.725. The molecule has 0 saturated carbocycles. The Morgan fingerprint density at radius 3 is 2.35 bits per heavy atom. The summed E-state index contributed by atoms with van der Waals surface area (Å²) in [6.07, 6.45) is 3.80. The van der Waals surface area contributed by atoms with Crippen LogP contribution in [0.4, 0.5) is 4.79 Å². The lowest BCUT2D eigenvalue weighted by molar-refractivity contribution is -0.137. The largest absolute Gasteiger partial charge is 0.481 e. The molecule has 1 fully saturated rings. The van der Waals surface area contributed by atoms with E-state index < -0.39 is 5.97 Å². The minimum absolute atomic E-state index is 0.138. The second-order valence-corrected chi connectivity index (χ2v) is 5.69. The number of carboxylic acid groups (broad SMARTS) is 1. The summed E-state index contributed by atoms with van der Waals surface area (Å²) >= 11 is 0. The molecule has 2 amide bonds. The van der Waals surface area contributed by atoms with Crippen LogP contribution in [0.1, 0.15) is 52.9 Å². The number of rotatable bonds is 6. The van der Waals surface area contributed by atoms with Crippen molar-refractivity contribution in [2.24, 2.45) is 5.92 Å². The maximum absolute atomic E-state index is 12.5. The molecule has 0 aromatic carbocycles. The van der Waals surface area contributed by atoms with Gasteiger partial charge in [-0.1, -0.05) is 6.92 Å². The normalized spacial score (nSPS) is 17.9. The molecule has 116 valence electrons. The quantitative estimate of drug-likeness (QED) is 0.816. The number of urea groups is 1. The van der Waals surface area contributed by atoms with Crippen molar-refractivity contribution in [2.45, 2.75) is 58.9 Å². The predicted octanol–water partition coefficient (Wildman–Crippen LogP) is 2.80. The van der Waals surface area contributed by atoms with Gasteiger partial charge in [-0.25, -0.2) is 4.79 Å². The van der Waals surface area contributed by atoms with Crippen molar-refractivity contribution in [3.8, 4) is 0 Å². The van der Waals surface area contributed by atoms with Crippen molar-refractivity contribution in [1.82, 2.24) is 9.80 Å². The summed E-state index contributed by atoms with van der Waals surface area (Å²) < 4.78 is 0. The number of carbonyl (C=O) groups is 2. The van der Waals surface area contributed by atoms with Gasteiger partial charge in [-0.15, -0.1) is 0 Å². The van der Waals surface area contributed by atoms with Gasteiger partial charge in [0.25, 0.3) is 0 Å². The van der Waals surface area contributed by atoms with Crippen LogP contribution in [-0.4, -0.2) is 52.6 Å². The molecular weight excluding hydrogens is 256 g/mol. The zero-order chi connectivity index (χ0) is 15.1. The molecule has 1 unspecified atom stereocenters. The van der Waals surface area contributed by atoms with E-state index in [9.17, 15) is 9.59 Å². The molecule has 1 heterocycles. The van der Waals surface area contributed by atoms with Crippen LogP contribution in [0.25, 0.3) is 0 Å². The molecule has 5 nitrogen and oxygen atoms in total. The van der Waals surface area contributed by atoms with Gasteiger partial charge >= 0.3 is 12.0 Å². The highest BCUT2D eigenvalue weighted by Gasteiger charge is 2.27. The van der Waals surface area contributed by atoms with Crippen molar-refractivity contribution in [3.63, 3.8) is 0 Å². The SMILES string of the molecule is CCC(C)N(CC)C(=O)N1CCC(CCC(=O)O)CC1. The second-order valence-electron chi connectivity index (χ2n) is 5.69. The molecular formula is C15H28N2O3. The molecule has 0 radical (unpaired) electrons. The van der Waals surface area contributed by atoms with Gasteiger partial charge in [-0.2, -0.15) is 0 Å². The number of piperidine rings is 1. The monoisotopic (exact) mass is 284 g/mol. The molecule has 20 heavy (non-hydrogen) atoms. The van der Waals surface area contributed by atoms with Gasteiger partial charge in [0.05, 0.1) is 0 Å². The van der Waals surface area contributed by atoms with Crippen LogP contribution >= 0.6 is 0 Å². The summed E-state index contributed by atoms with van der Waals surface area (Å²) in [7, 11) is 0. The summed E-state index contributed by atoms with van der Waals surface area (Å²) in [4.78, 5) is 26.9. The number of amides is 2. The molecule has 0 aliphatic carbocycles. The molecule has 1 N–H and O–H groups in total. The summed E-state index contributed by atoms with van der Waals surface area (Å²) in [6.45, 7) is 8.46. The van der Waals surface area contributed by atoms with Crippen LogP contribution in [0.5, 0.6) is 0 Å². The number of aliphatic carboxylic acids is 1. The smallest absolute Gasteiger partial charge is 0.320 e. The van der Waals surface area contributed by atoms with Crippen LogP contribution in [0.15, 0.2) is 0 Å². The third kappa shape index (κ3) is 4.69. The maximum Gasteiger partial charge on any atom is 0.320 e. The van der Waals surface area contributed by atoms with E-state index in [0.717, 1.165) is 45.3 Å². The lowest BCUT2D eigenvalue weighted by Gasteiger charge is -2.37. The van der Waals surface area contributed by atoms with Crippen LogP contribution < -0.4 is 0 Å². The summed E-state index contributed by atoms with van der Waals surface area (Å²) in [5, 5.41) is 8.71. The Bertz CT molecular complexity index is 325. The van der Waals surface area contributed by atoms with Crippen LogP contribution in [0.3, 0.4) is 0 Å². The number of nitrogens with zero attached hydrogens (tertiary/aromatic N) is 2. The fourth-order valence-electron chi connectivity index (χ4n) is 2.78. The number of hydrogen-bond acceptors (Lipinski definition) is 2. The van der Waals surface area contributed by atoms with Gasteiger partial charge in [0.15, 0.2) is 0 Å². The average Bonchev–Trinajstić information content (AvgIpc) is 2.45. The van der Waals surface area contributed by atoms with Crippen molar-refractivity contribution in [3.05, 3.63) is 0 Å². The van der Waals surface area contributed by atoms with E-state index in [1.165, 1.54) is 0 Å². The van der Waals surface area contributed by atoms with Gasteiger partial charge in [0.2, 0.25) is 0 Å². The van der Waals surface area contributed by atoms with E-state index in [0.29, 0.717) is 5.92 Å². The standard InChI is InChI=1S/C15H28N2O3/c1-4-12(3)17(5-2)15(20)16-10-8-13(9-11-16)6-7-14(18)19/h12-13H,4-11H2,1-3H3,(H,18,19). The zero-order valence-corrected chi connectivity index (χ0v) is 13.0. The summed E-state index contributed by atoms with van der Waals surface area (Å²) in [5.41, 5.74) is 0. The third-order valence-electron chi connectivity index (χ3n) is 4.36. The highest BCUT2D eigenvalue weighted by atomic mass is 16.4. The van der Waals surface area contributed by atoms with E-state index in [2.05, 4.69) is 13.8 Å². The van der Waals surface area contributed by atoms with Crippen molar-refractivity contribution >= 4 is 12.0 Å². The molecule has 1 aliphatic rings. The van der Waals surface area contributed by atoms with Crippen molar-refractivity contribution in [2.75, 3.05) is 19.6 Å². The highest BCUT2D eigenvalue weighted by Crippen LogP contribution is 2.23. The van der Waals surface area contributed by atoms with E-state index in [1.807, 2.05) is 16.7 Å². The van der Waals surface area contributed by atoms with Crippen LogP contribution in [-0.2, 0) is 4.79 Å². The topological polar surface area (TPSA) is 60.9 Å². The minimum Gasteiger partial charge on any atom is -0.481 e. The first-order valence-electron chi connectivity index (χ1n) is 7.76. The molecule has 1 atom stereocenters. The van der Waals surface area contributed by atoms with Gasteiger partial charge in [0, 0.05) is 32.1 Å². The van der Waals surface area contributed by atoms with E-state index in [1.54, 1.807) is 0 Å². The number of hydrogen-bond donors (Lipinski definition) is 1. The van der Waals surface area contributed by atoms with Gasteiger partial charge < -0.3 is 14.9 Å². The number of carbonyl (C=O) groups excluding carboxylic acids is 1. The van der Waals surface area contributed by atoms with Crippen molar-refractivity contribution < 1.29 is 14.7 Å². The Hall–Kier alpha value is -1.26. The number of carboxylic acids is 1. The van der Waals surface area contributed by atoms with Gasteiger partial charge in [-0.3, -0.25) is 4.79 Å². The fourth-order valence-corrected chi connectivity index (χ4v) is 2.78. The Labute approximate surface area is 121 Å². The van der Waals surface area contributed by atoms with Gasteiger partial charge in [-0.05, 0) is 45.4 Å². The predicted molar refractivity (Wildman–Crippen MR) is 78.7 cm³/mol. The summed E-state index contributed by atoms with van der Waals surface area (Å²) in [6, 6.07) is 0.413. The van der Waals surface area contributed by atoms with Crippen molar-refractivity contribution in [1.29, 1.82) is 0 Å². The molecule has 0 bridgehead atoms. The third-order valence-corrected chi connectivity index (χ3v) is 4.36. The fraction of sp³-hybridized carbons (Fsp3) is 0.867. The Morgan fingerprint density at radius 2 is 1.90 bits per heavy atom. The molecule has 1 rings (SSSR count). The Kier molecular flexibility index (Phi) is 6.82. The number of likely N-dealkylation sites (tertiary alicyclic amines) is 1. The lowest BCUT2D eigenvalue weighted by Crippen LogP contribution is -2.49. The van der Waals surface area contributed by atoms with Crippen LogP contribution in [0.2, 0.25) is 0 Å². The summed E-state index contributed by atoms with van der Waals surface area (Å²) in [5.74, 6) is -0.272.